The zero-order valence-electron chi connectivity index (χ0n) is 11.2. The Labute approximate surface area is 131 Å². The summed E-state index contributed by atoms with van der Waals surface area (Å²) in [5, 5.41) is 3.34. The van der Waals surface area contributed by atoms with Gasteiger partial charge in [0, 0.05) is 27.6 Å². The van der Waals surface area contributed by atoms with Crippen molar-refractivity contribution in [2.75, 3.05) is 20.1 Å². The van der Waals surface area contributed by atoms with Crippen LogP contribution in [0.1, 0.15) is 30.1 Å². The molecule has 1 aromatic carbocycles. The van der Waals surface area contributed by atoms with Gasteiger partial charge >= 0.3 is 0 Å². The third-order valence-electron chi connectivity index (χ3n) is 3.92. The number of rotatable bonds is 2. The van der Waals surface area contributed by atoms with Crippen molar-refractivity contribution in [1.82, 2.24) is 10.2 Å². The molecule has 0 aliphatic carbocycles. The highest BCUT2D eigenvalue weighted by Gasteiger charge is 2.31. The van der Waals surface area contributed by atoms with Crippen molar-refractivity contribution in [3.63, 3.8) is 0 Å². The highest BCUT2D eigenvalue weighted by atomic mass is 79.9. The molecule has 5 heteroatoms. The predicted molar refractivity (Wildman–Crippen MR) is 84.4 cm³/mol. The monoisotopic (exact) mass is 388 g/mol. The van der Waals surface area contributed by atoms with Gasteiger partial charge in [-0.1, -0.05) is 15.9 Å². The van der Waals surface area contributed by atoms with Crippen molar-refractivity contribution < 1.29 is 4.79 Å². The molecule has 19 heavy (non-hydrogen) atoms. The van der Waals surface area contributed by atoms with Crippen LogP contribution in [0, 0.1) is 0 Å². The number of carbonyl (C=O) groups excluding carboxylic acids is 1. The second kappa shape index (κ2) is 5.94. The summed E-state index contributed by atoms with van der Waals surface area (Å²) in [7, 11) is 1.99. The summed E-state index contributed by atoms with van der Waals surface area (Å²) >= 11 is 6.86. The molecule has 0 atom stereocenters. The highest BCUT2D eigenvalue weighted by molar-refractivity contribution is 9.11. The molecule has 1 aliphatic rings. The fourth-order valence-electron chi connectivity index (χ4n) is 2.29. The minimum absolute atomic E-state index is 0.109. The van der Waals surface area contributed by atoms with Crippen molar-refractivity contribution in [2.45, 2.75) is 25.3 Å². The minimum Gasteiger partial charge on any atom is -0.338 e. The zero-order chi connectivity index (χ0) is 14.0. The Morgan fingerprint density at radius 2 is 1.95 bits per heavy atom. The Morgan fingerprint density at radius 1 is 1.32 bits per heavy atom. The molecule has 0 unspecified atom stereocenters. The van der Waals surface area contributed by atoms with Crippen LogP contribution in [0.3, 0.4) is 0 Å². The maximum Gasteiger partial charge on any atom is 0.255 e. The Kier molecular flexibility index (Phi) is 4.69. The number of benzene rings is 1. The second-order valence-corrected chi connectivity index (χ2v) is 7.00. The van der Waals surface area contributed by atoms with Gasteiger partial charge in [-0.25, -0.2) is 0 Å². The van der Waals surface area contributed by atoms with Gasteiger partial charge in [0.05, 0.1) is 5.56 Å². The van der Waals surface area contributed by atoms with E-state index in [-0.39, 0.29) is 11.4 Å². The van der Waals surface area contributed by atoms with Gasteiger partial charge in [-0.05, 0) is 60.9 Å². The van der Waals surface area contributed by atoms with Crippen molar-refractivity contribution in [3.8, 4) is 0 Å². The van der Waals surface area contributed by atoms with Gasteiger partial charge in [-0.2, -0.15) is 0 Å². The average Bonchev–Trinajstić information content (AvgIpc) is 2.39. The molecule has 1 N–H and O–H groups in total. The molecule has 0 spiro atoms. The van der Waals surface area contributed by atoms with E-state index in [1.807, 2.05) is 30.1 Å². The van der Waals surface area contributed by atoms with Crippen molar-refractivity contribution in [2.24, 2.45) is 0 Å². The summed E-state index contributed by atoms with van der Waals surface area (Å²) in [6.45, 7) is 3.82. The summed E-state index contributed by atoms with van der Waals surface area (Å²) < 4.78 is 1.81. The topological polar surface area (TPSA) is 32.3 Å². The van der Waals surface area contributed by atoms with Crippen molar-refractivity contribution >= 4 is 37.8 Å². The van der Waals surface area contributed by atoms with Crippen LogP contribution in [-0.2, 0) is 0 Å². The molecule has 1 saturated heterocycles. The van der Waals surface area contributed by atoms with E-state index in [0.29, 0.717) is 0 Å². The second-order valence-electron chi connectivity index (χ2n) is 5.23. The van der Waals surface area contributed by atoms with Crippen molar-refractivity contribution in [1.29, 1.82) is 0 Å². The van der Waals surface area contributed by atoms with Crippen LogP contribution in [0.15, 0.2) is 27.1 Å². The number of likely N-dealkylation sites (tertiary alicyclic amines) is 1. The molecule has 1 aliphatic heterocycles. The molecule has 1 amide bonds. The van der Waals surface area contributed by atoms with Crippen LogP contribution in [0.25, 0.3) is 0 Å². The number of halogens is 2. The smallest absolute Gasteiger partial charge is 0.255 e. The van der Waals surface area contributed by atoms with E-state index in [0.717, 1.165) is 40.4 Å². The zero-order valence-corrected chi connectivity index (χ0v) is 14.3. The largest absolute Gasteiger partial charge is 0.338 e. The van der Waals surface area contributed by atoms with E-state index in [1.165, 1.54) is 0 Å². The van der Waals surface area contributed by atoms with Crippen LogP contribution in [-0.4, -0.2) is 36.5 Å². The molecule has 0 bridgehead atoms. The number of piperidine rings is 1. The number of hydrogen-bond acceptors (Lipinski definition) is 2. The summed E-state index contributed by atoms with van der Waals surface area (Å²) in [6, 6.07) is 5.68. The van der Waals surface area contributed by atoms with Gasteiger partial charge in [0.1, 0.15) is 0 Å². The van der Waals surface area contributed by atoms with Gasteiger partial charge in [-0.3, -0.25) is 4.79 Å². The highest BCUT2D eigenvalue weighted by Crippen LogP contribution is 2.26. The first-order chi connectivity index (χ1) is 8.95. The summed E-state index contributed by atoms with van der Waals surface area (Å²) in [6.07, 6.45) is 1.98. The van der Waals surface area contributed by atoms with E-state index < -0.39 is 0 Å². The van der Waals surface area contributed by atoms with Gasteiger partial charge in [0.15, 0.2) is 0 Å². The normalized spacial score (nSPS) is 18.4. The first-order valence-electron chi connectivity index (χ1n) is 6.38. The maximum atomic E-state index is 12.5. The lowest BCUT2D eigenvalue weighted by molar-refractivity contribution is 0.0661. The van der Waals surface area contributed by atoms with Crippen LogP contribution in [0.4, 0.5) is 0 Å². The van der Waals surface area contributed by atoms with E-state index in [2.05, 4.69) is 44.1 Å². The Morgan fingerprint density at radius 3 is 2.47 bits per heavy atom. The van der Waals surface area contributed by atoms with Gasteiger partial charge in [-0.15, -0.1) is 0 Å². The first-order valence-corrected chi connectivity index (χ1v) is 7.97. The molecule has 104 valence electrons. The number of nitrogens with one attached hydrogen (secondary N) is 1. The molecule has 1 fully saturated rings. The lowest BCUT2D eigenvalue weighted by Gasteiger charge is -2.39. The molecule has 3 nitrogen and oxygen atoms in total. The number of hydrogen-bond donors (Lipinski definition) is 1. The van der Waals surface area contributed by atoms with Gasteiger partial charge in [0.2, 0.25) is 0 Å². The SMILES string of the molecule is CNC1(C)CCN(C(=O)c2ccc(Br)cc2Br)CC1. The van der Waals surface area contributed by atoms with E-state index in [9.17, 15) is 4.79 Å². The maximum absolute atomic E-state index is 12.5. The predicted octanol–water partition coefficient (Wildman–Crippen LogP) is 3.43. The minimum atomic E-state index is 0.109. The average molecular weight is 390 g/mol. The molecular weight excluding hydrogens is 372 g/mol. The quantitative estimate of drug-likeness (QED) is 0.840. The van der Waals surface area contributed by atoms with Crippen LogP contribution in [0.5, 0.6) is 0 Å². The van der Waals surface area contributed by atoms with Gasteiger partial charge in [0.25, 0.3) is 5.91 Å². The Bertz CT molecular complexity index is 482. The molecular formula is C14H18Br2N2O. The standard InChI is InChI=1S/C14H18Br2N2O/c1-14(17-2)5-7-18(8-6-14)13(19)11-4-3-10(15)9-12(11)16/h3-4,9,17H,5-8H2,1-2H3. The molecule has 0 aromatic heterocycles. The van der Waals surface area contributed by atoms with Crippen LogP contribution >= 0.6 is 31.9 Å². The Hall–Kier alpha value is -0.390. The summed E-state index contributed by atoms with van der Waals surface area (Å²) in [4.78, 5) is 14.4. The first kappa shape index (κ1) is 15.0. The molecule has 0 saturated carbocycles. The summed E-state index contributed by atoms with van der Waals surface area (Å²) in [5.74, 6) is 0.109. The van der Waals surface area contributed by atoms with Gasteiger partial charge < -0.3 is 10.2 Å². The fourth-order valence-corrected chi connectivity index (χ4v) is 3.50. The fraction of sp³-hybridized carbons (Fsp3) is 0.500. The lowest BCUT2D eigenvalue weighted by atomic mass is 9.89. The lowest BCUT2D eigenvalue weighted by Crippen LogP contribution is -2.51. The van der Waals surface area contributed by atoms with Crippen molar-refractivity contribution in [3.05, 3.63) is 32.7 Å². The Balaban J connectivity index is 2.09. The number of nitrogens with zero attached hydrogens (tertiary/aromatic N) is 1. The number of amides is 1. The summed E-state index contributed by atoms with van der Waals surface area (Å²) in [5.41, 5.74) is 0.893. The molecule has 0 radical (unpaired) electrons. The van der Waals surface area contributed by atoms with E-state index in [4.69, 9.17) is 0 Å². The molecule has 1 aromatic rings. The number of carbonyl (C=O) groups is 1. The van der Waals surface area contributed by atoms with Crippen LogP contribution in [0.2, 0.25) is 0 Å². The third kappa shape index (κ3) is 3.38. The molecule has 1 heterocycles. The van der Waals surface area contributed by atoms with E-state index >= 15 is 0 Å². The molecule has 2 rings (SSSR count). The van der Waals surface area contributed by atoms with E-state index in [1.54, 1.807) is 0 Å². The van der Waals surface area contributed by atoms with Crippen LogP contribution < -0.4 is 5.32 Å². The third-order valence-corrected chi connectivity index (χ3v) is 5.07.